The van der Waals surface area contributed by atoms with Gasteiger partial charge in [-0.2, -0.15) is 4.98 Å². The van der Waals surface area contributed by atoms with Gasteiger partial charge in [-0.15, -0.1) is 0 Å². The number of nitrogens with two attached hydrogens (primary N) is 2. The van der Waals surface area contributed by atoms with Crippen molar-refractivity contribution in [2.45, 2.75) is 31.2 Å². The van der Waals surface area contributed by atoms with E-state index in [4.69, 9.17) is 11.5 Å². The normalized spacial score (nSPS) is 27.9. The first-order valence-corrected chi connectivity index (χ1v) is 8.42. The Kier molecular flexibility index (Phi) is 2.57. The van der Waals surface area contributed by atoms with Crippen LogP contribution in [-0.2, 0) is 12.8 Å². The van der Waals surface area contributed by atoms with Crippen LogP contribution in [0.3, 0.4) is 0 Å². The molecule has 0 bridgehead atoms. The van der Waals surface area contributed by atoms with Crippen LogP contribution in [0.4, 0.5) is 11.8 Å². The Balaban J connectivity index is 1.66. The Morgan fingerprint density at radius 1 is 1.17 bits per heavy atom. The zero-order valence-electron chi connectivity index (χ0n) is 13.1. The van der Waals surface area contributed by atoms with Gasteiger partial charge in [0.15, 0.2) is 0 Å². The summed E-state index contributed by atoms with van der Waals surface area (Å²) in [6.07, 6.45) is 4.35. The van der Waals surface area contributed by atoms with Gasteiger partial charge >= 0.3 is 0 Å². The first kappa shape index (κ1) is 13.3. The molecule has 5 heteroatoms. The average molecular weight is 307 g/mol. The van der Waals surface area contributed by atoms with Crippen LogP contribution < -0.4 is 16.4 Å². The van der Waals surface area contributed by atoms with Crippen molar-refractivity contribution in [3.8, 4) is 11.3 Å². The van der Waals surface area contributed by atoms with E-state index in [-0.39, 0.29) is 5.54 Å². The molecule has 1 saturated carbocycles. The van der Waals surface area contributed by atoms with Crippen LogP contribution >= 0.6 is 0 Å². The van der Waals surface area contributed by atoms with Crippen LogP contribution in [0.15, 0.2) is 24.3 Å². The molecule has 2 heterocycles. The zero-order valence-corrected chi connectivity index (χ0v) is 13.1. The van der Waals surface area contributed by atoms with E-state index in [1.807, 2.05) is 0 Å². The molecule has 2 aliphatic carbocycles. The number of aromatic nitrogens is 2. The minimum atomic E-state index is 0.00916. The summed E-state index contributed by atoms with van der Waals surface area (Å²) in [7, 11) is 0. The number of nitrogen functional groups attached to an aromatic ring is 1. The van der Waals surface area contributed by atoms with Crippen LogP contribution in [0.2, 0.25) is 0 Å². The van der Waals surface area contributed by atoms with Gasteiger partial charge in [0.2, 0.25) is 5.95 Å². The molecule has 2 atom stereocenters. The Labute approximate surface area is 135 Å². The van der Waals surface area contributed by atoms with Crippen molar-refractivity contribution in [3.63, 3.8) is 0 Å². The minimum Gasteiger partial charge on any atom is -0.368 e. The van der Waals surface area contributed by atoms with Crippen molar-refractivity contribution in [2.75, 3.05) is 23.7 Å². The summed E-state index contributed by atoms with van der Waals surface area (Å²) in [6.45, 7) is 1.89. The van der Waals surface area contributed by atoms with E-state index in [1.54, 1.807) is 0 Å². The molecule has 1 aromatic carbocycles. The van der Waals surface area contributed by atoms with Crippen molar-refractivity contribution < 1.29 is 0 Å². The van der Waals surface area contributed by atoms with Gasteiger partial charge < -0.3 is 16.4 Å². The molecule has 0 spiro atoms. The topological polar surface area (TPSA) is 81.1 Å². The number of fused-ring (bicyclic) bond motifs is 4. The molecule has 5 rings (SSSR count). The molecule has 1 aliphatic heterocycles. The second-order valence-corrected chi connectivity index (χ2v) is 7.26. The van der Waals surface area contributed by atoms with E-state index in [0.717, 1.165) is 50.3 Å². The van der Waals surface area contributed by atoms with Crippen LogP contribution in [-0.4, -0.2) is 28.6 Å². The lowest BCUT2D eigenvalue weighted by Crippen LogP contribution is -2.34. The molecular formula is C18H21N5. The predicted molar refractivity (Wildman–Crippen MR) is 91.1 cm³/mol. The summed E-state index contributed by atoms with van der Waals surface area (Å²) in [4.78, 5) is 11.5. The lowest BCUT2D eigenvalue weighted by atomic mass is 10.0. The molecule has 0 radical (unpaired) electrons. The summed E-state index contributed by atoms with van der Waals surface area (Å²) >= 11 is 0. The third-order valence-electron chi connectivity index (χ3n) is 5.65. The molecule has 0 amide bonds. The maximum atomic E-state index is 6.38. The highest BCUT2D eigenvalue weighted by molar-refractivity contribution is 5.74. The van der Waals surface area contributed by atoms with Crippen LogP contribution in [0.1, 0.15) is 24.0 Å². The number of hydrogen-bond acceptors (Lipinski definition) is 5. The number of nitrogens with zero attached hydrogens (tertiary/aromatic N) is 3. The third kappa shape index (κ3) is 1.96. The fourth-order valence-corrected chi connectivity index (χ4v) is 4.32. The van der Waals surface area contributed by atoms with E-state index < -0.39 is 0 Å². The fourth-order valence-electron chi connectivity index (χ4n) is 4.32. The standard InChI is InChI=1S/C18H21N5/c19-17-21-15-13-6-2-1-4-11(13)5-3-7-14(15)16(22-17)23-9-12-8-18(12,20)10-23/h1-2,4,6,12H,3,5,7-10,20H2,(H2,19,21,22)/t12?,18-/m0/s1. The van der Waals surface area contributed by atoms with Gasteiger partial charge in [0.05, 0.1) is 5.69 Å². The maximum absolute atomic E-state index is 6.38. The predicted octanol–water partition coefficient (Wildman–Crippen LogP) is 1.75. The Bertz CT molecular complexity index is 802. The van der Waals surface area contributed by atoms with Gasteiger partial charge in [-0.25, -0.2) is 4.98 Å². The van der Waals surface area contributed by atoms with Crippen molar-refractivity contribution in [3.05, 3.63) is 35.4 Å². The molecule has 5 nitrogen and oxygen atoms in total. The molecule has 1 unspecified atom stereocenters. The van der Waals surface area contributed by atoms with E-state index in [1.165, 1.54) is 16.7 Å². The Morgan fingerprint density at radius 3 is 2.87 bits per heavy atom. The van der Waals surface area contributed by atoms with Crippen LogP contribution in [0.5, 0.6) is 0 Å². The highest BCUT2D eigenvalue weighted by Crippen LogP contribution is 2.49. The monoisotopic (exact) mass is 307 g/mol. The summed E-state index contributed by atoms with van der Waals surface area (Å²) in [5.74, 6) is 2.00. The smallest absolute Gasteiger partial charge is 0.222 e. The van der Waals surface area contributed by atoms with Gasteiger partial charge in [0, 0.05) is 29.8 Å². The highest BCUT2D eigenvalue weighted by Gasteiger charge is 2.57. The molecule has 1 saturated heterocycles. The molecule has 1 aromatic heterocycles. The quantitative estimate of drug-likeness (QED) is 0.839. The first-order chi connectivity index (χ1) is 11.1. The summed E-state index contributed by atoms with van der Waals surface area (Å²) in [5.41, 5.74) is 17.3. The van der Waals surface area contributed by atoms with Gasteiger partial charge in [0.1, 0.15) is 5.82 Å². The lowest BCUT2D eigenvalue weighted by molar-refractivity contribution is 0.693. The molecule has 3 aliphatic rings. The summed E-state index contributed by atoms with van der Waals surface area (Å²) in [5, 5.41) is 0. The van der Waals surface area contributed by atoms with E-state index in [2.05, 4.69) is 39.1 Å². The zero-order chi connectivity index (χ0) is 15.6. The van der Waals surface area contributed by atoms with Crippen molar-refractivity contribution >= 4 is 11.8 Å². The lowest BCUT2D eigenvalue weighted by Gasteiger charge is -2.24. The largest absolute Gasteiger partial charge is 0.368 e. The van der Waals surface area contributed by atoms with Crippen LogP contribution in [0, 0.1) is 5.92 Å². The third-order valence-corrected chi connectivity index (χ3v) is 5.65. The molecule has 2 fully saturated rings. The van der Waals surface area contributed by atoms with E-state index in [0.29, 0.717) is 11.9 Å². The van der Waals surface area contributed by atoms with Crippen molar-refractivity contribution in [2.24, 2.45) is 11.7 Å². The fraction of sp³-hybridized carbons (Fsp3) is 0.444. The van der Waals surface area contributed by atoms with E-state index >= 15 is 0 Å². The SMILES string of the molecule is Nc1nc2c(c(N3CC4C[C@]4(N)C3)n1)CCCc1ccccc1-2. The van der Waals surface area contributed by atoms with Gasteiger partial charge in [-0.1, -0.05) is 24.3 Å². The highest BCUT2D eigenvalue weighted by atomic mass is 15.3. The second kappa shape index (κ2) is 4.45. The molecule has 23 heavy (non-hydrogen) atoms. The van der Waals surface area contributed by atoms with Crippen LogP contribution in [0.25, 0.3) is 11.3 Å². The summed E-state index contributed by atoms with van der Waals surface area (Å²) < 4.78 is 0. The van der Waals surface area contributed by atoms with Gasteiger partial charge in [0.25, 0.3) is 0 Å². The first-order valence-electron chi connectivity index (χ1n) is 8.42. The molecule has 4 N–H and O–H groups in total. The number of aryl methyl sites for hydroxylation is 1. The number of hydrogen-bond donors (Lipinski definition) is 2. The molecule has 2 aromatic rings. The van der Waals surface area contributed by atoms with Crippen molar-refractivity contribution in [1.29, 1.82) is 0 Å². The Hall–Kier alpha value is -2.14. The number of rotatable bonds is 1. The minimum absolute atomic E-state index is 0.00916. The number of benzene rings is 1. The number of piperidine rings is 1. The maximum Gasteiger partial charge on any atom is 0.222 e. The molecular weight excluding hydrogens is 286 g/mol. The molecule has 118 valence electrons. The van der Waals surface area contributed by atoms with Gasteiger partial charge in [-0.3, -0.25) is 0 Å². The van der Waals surface area contributed by atoms with E-state index in [9.17, 15) is 0 Å². The second-order valence-electron chi connectivity index (χ2n) is 7.26. The Morgan fingerprint density at radius 2 is 2.04 bits per heavy atom. The van der Waals surface area contributed by atoms with Crippen molar-refractivity contribution in [1.82, 2.24) is 9.97 Å². The number of anilines is 2. The average Bonchev–Trinajstić information content (AvgIpc) is 3.12. The summed E-state index contributed by atoms with van der Waals surface area (Å²) in [6, 6.07) is 8.52. The van der Waals surface area contributed by atoms with Gasteiger partial charge in [-0.05, 0) is 37.2 Å².